The third kappa shape index (κ3) is 4.42. The van der Waals surface area contributed by atoms with Gasteiger partial charge in [-0.1, -0.05) is 12.1 Å². The van der Waals surface area contributed by atoms with E-state index in [4.69, 9.17) is 21.4 Å². The van der Waals surface area contributed by atoms with Crippen molar-refractivity contribution in [3.05, 3.63) is 29.3 Å². The van der Waals surface area contributed by atoms with Crippen LogP contribution in [0.3, 0.4) is 0 Å². The van der Waals surface area contributed by atoms with Crippen LogP contribution in [-0.4, -0.2) is 28.5 Å². The molecule has 0 saturated carbocycles. The summed E-state index contributed by atoms with van der Waals surface area (Å²) >= 11 is 5.39. The molecular weight excluding hydrogens is 282 g/mol. The Labute approximate surface area is 122 Å². The first-order valence-corrected chi connectivity index (χ1v) is 6.64. The van der Waals surface area contributed by atoms with Crippen molar-refractivity contribution in [1.82, 2.24) is 5.32 Å². The predicted octanol–water partition coefficient (Wildman–Crippen LogP) is 2.09. The van der Waals surface area contributed by atoms with Crippen LogP contribution in [0.5, 0.6) is 5.75 Å². The first-order chi connectivity index (χ1) is 9.26. The summed E-state index contributed by atoms with van der Waals surface area (Å²) in [5.41, 5.74) is 0.400. The third-order valence-electron chi connectivity index (χ3n) is 2.73. The lowest BCUT2D eigenvalue weighted by molar-refractivity contribution is -0.152. The molecule has 0 aliphatic rings. The molecule has 110 valence electrons. The number of amides is 1. The second kappa shape index (κ2) is 6.61. The third-order valence-corrected chi connectivity index (χ3v) is 2.97. The smallest absolute Gasteiger partial charge is 0.347 e. The Morgan fingerprint density at radius 1 is 1.40 bits per heavy atom. The van der Waals surface area contributed by atoms with E-state index in [1.54, 1.807) is 12.1 Å². The number of carbonyl (C=O) groups is 2. The number of aryl methyl sites for hydroxylation is 1. The van der Waals surface area contributed by atoms with Crippen molar-refractivity contribution in [3.8, 4) is 5.75 Å². The predicted molar refractivity (Wildman–Crippen MR) is 76.1 cm³/mol. The molecule has 0 aliphatic carbocycles. The summed E-state index contributed by atoms with van der Waals surface area (Å²) in [5.74, 6) is -0.843. The molecular formula is C14H18ClNO4. The van der Waals surface area contributed by atoms with Crippen molar-refractivity contribution < 1.29 is 19.4 Å². The quantitative estimate of drug-likeness (QED) is 0.789. The molecule has 0 aromatic heterocycles. The van der Waals surface area contributed by atoms with E-state index in [2.05, 4.69) is 5.32 Å². The van der Waals surface area contributed by atoms with Crippen molar-refractivity contribution in [1.29, 1.82) is 0 Å². The number of carboxylic acid groups (broad SMARTS) is 1. The summed E-state index contributed by atoms with van der Waals surface area (Å²) in [7, 11) is 0. The first-order valence-electron chi connectivity index (χ1n) is 6.11. The van der Waals surface area contributed by atoms with Crippen LogP contribution in [-0.2, 0) is 16.1 Å². The summed E-state index contributed by atoms with van der Waals surface area (Å²) in [6.07, 6.45) is 0. The van der Waals surface area contributed by atoms with Crippen LogP contribution in [0.2, 0.25) is 0 Å². The molecule has 5 nitrogen and oxygen atoms in total. The molecule has 0 atom stereocenters. The molecule has 0 radical (unpaired) electrons. The Hall–Kier alpha value is -1.75. The van der Waals surface area contributed by atoms with E-state index < -0.39 is 11.6 Å². The van der Waals surface area contributed by atoms with Gasteiger partial charge in [0.2, 0.25) is 5.91 Å². The number of halogens is 1. The standard InChI is InChI=1S/C14H18ClNO4/c1-9-6-10(8-16-12(17)7-15)4-5-11(9)20-14(2,3)13(18)19/h4-6H,7-8H2,1-3H3,(H,16,17)(H,18,19). The molecule has 1 rings (SSSR count). The van der Waals surface area contributed by atoms with Crippen molar-refractivity contribution in [2.24, 2.45) is 0 Å². The number of nitrogens with one attached hydrogen (secondary N) is 1. The van der Waals surface area contributed by atoms with Crippen molar-refractivity contribution in [2.75, 3.05) is 5.88 Å². The summed E-state index contributed by atoms with van der Waals surface area (Å²) in [4.78, 5) is 22.1. The number of alkyl halides is 1. The van der Waals surface area contributed by atoms with E-state index in [9.17, 15) is 9.59 Å². The van der Waals surface area contributed by atoms with Crippen LogP contribution in [0.1, 0.15) is 25.0 Å². The average Bonchev–Trinajstić information content (AvgIpc) is 2.38. The Bertz CT molecular complexity index is 514. The van der Waals surface area contributed by atoms with Crippen LogP contribution >= 0.6 is 11.6 Å². The largest absolute Gasteiger partial charge is 0.478 e. The van der Waals surface area contributed by atoms with Gasteiger partial charge in [-0.2, -0.15) is 0 Å². The van der Waals surface area contributed by atoms with E-state index in [0.29, 0.717) is 12.3 Å². The van der Waals surface area contributed by atoms with E-state index in [1.807, 2.05) is 13.0 Å². The van der Waals surface area contributed by atoms with Gasteiger partial charge < -0.3 is 15.2 Å². The minimum absolute atomic E-state index is 0.0764. The molecule has 0 aliphatic heterocycles. The molecule has 1 amide bonds. The summed E-state index contributed by atoms with van der Waals surface area (Å²) in [5, 5.41) is 11.7. The van der Waals surface area contributed by atoms with Gasteiger partial charge in [0.05, 0.1) is 0 Å². The maximum absolute atomic E-state index is 11.1. The van der Waals surface area contributed by atoms with Crippen LogP contribution < -0.4 is 10.1 Å². The fraction of sp³-hybridized carbons (Fsp3) is 0.429. The molecule has 0 fully saturated rings. The monoisotopic (exact) mass is 299 g/mol. The zero-order valence-corrected chi connectivity index (χ0v) is 12.5. The van der Waals surface area contributed by atoms with Crippen LogP contribution in [0.4, 0.5) is 0 Å². The van der Waals surface area contributed by atoms with Crippen LogP contribution in [0.15, 0.2) is 18.2 Å². The molecule has 0 saturated heterocycles. The number of hydrogen-bond acceptors (Lipinski definition) is 3. The number of rotatable bonds is 6. The van der Waals surface area contributed by atoms with Gasteiger partial charge in [-0.15, -0.1) is 11.6 Å². The molecule has 0 unspecified atom stereocenters. The minimum Gasteiger partial charge on any atom is -0.478 e. The molecule has 0 heterocycles. The van der Waals surface area contributed by atoms with Gasteiger partial charge in [0, 0.05) is 6.54 Å². The van der Waals surface area contributed by atoms with Gasteiger partial charge >= 0.3 is 5.97 Å². The Morgan fingerprint density at radius 3 is 2.55 bits per heavy atom. The minimum atomic E-state index is -1.29. The number of carboxylic acids is 1. The highest BCUT2D eigenvalue weighted by Gasteiger charge is 2.29. The van der Waals surface area contributed by atoms with Crippen LogP contribution in [0.25, 0.3) is 0 Å². The number of aliphatic carboxylic acids is 1. The Morgan fingerprint density at radius 2 is 2.05 bits per heavy atom. The molecule has 0 spiro atoms. The van der Waals surface area contributed by atoms with Gasteiger partial charge in [-0.25, -0.2) is 4.79 Å². The fourth-order valence-corrected chi connectivity index (χ4v) is 1.60. The lowest BCUT2D eigenvalue weighted by Gasteiger charge is -2.23. The van der Waals surface area contributed by atoms with Gasteiger partial charge in [-0.05, 0) is 38.0 Å². The highest BCUT2D eigenvalue weighted by atomic mass is 35.5. The van der Waals surface area contributed by atoms with Gasteiger partial charge in [0.15, 0.2) is 5.60 Å². The van der Waals surface area contributed by atoms with Gasteiger partial charge in [-0.3, -0.25) is 4.79 Å². The second-order valence-electron chi connectivity index (χ2n) is 4.93. The number of hydrogen-bond donors (Lipinski definition) is 2. The first kappa shape index (κ1) is 16.3. The molecule has 2 N–H and O–H groups in total. The number of ether oxygens (including phenoxy) is 1. The Kier molecular flexibility index (Phi) is 5.39. The average molecular weight is 300 g/mol. The highest BCUT2D eigenvalue weighted by molar-refractivity contribution is 6.27. The van der Waals surface area contributed by atoms with Crippen molar-refractivity contribution in [2.45, 2.75) is 32.9 Å². The van der Waals surface area contributed by atoms with E-state index in [0.717, 1.165) is 11.1 Å². The lowest BCUT2D eigenvalue weighted by Crippen LogP contribution is -2.38. The number of benzene rings is 1. The summed E-state index contributed by atoms with van der Waals surface area (Å²) in [6, 6.07) is 5.30. The van der Waals surface area contributed by atoms with Crippen molar-refractivity contribution in [3.63, 3.8) is 0 Å². The lowest BCUT2D eigenvalue weighted by atomic mass is 10.1. The maximum atomic E-state index is 11.1. The second-order valence-corrected chi connectivity index (χ2v) is 5.19. The van der Waals surface area contributed by atoms with E-state index >= 15 is 0 Å². The fourth-order valence-electron chi connectivity index (χ4n) is 1.50. The molecule has 20 heavy (non-hydrogen) atoms. The van der Waals surface area contributed by atoms with Gasteiger partial charge in [0.1, 0.15) is 11.6 Å². The topological polar surface area (TPSA) is 75.6 Å². The zero-order valence-electron chi connectivity index (χ0n) is 11.7. The van der Waals surface area contributed by atoms with Crippen LogP contribution in [0, 0.1) is 6.92 Å². The molecule has 1 aromatic rings. The SMILES string of the molecule is Cc1cc(CNC(=O)CCl)ccc1OC(C)(C)C(=O)O. The molecule has 6 heteroatoms. The van der Waals surface area contributed by atoms with Crippen molar-refractivity contribution >= 4 is 23.5 Å². The zero-order chi connectivity index (χ0) is 15.3. The Balaban J connectivity index is 2.78. The molecule has 1 aromatic carbocycles. The number of carbonyl (C=O) groups excluding carboxylic acids is 1. The van der Waals surface area contributed by atoms with E-state index in [-0.39, 0.29) is 11.8 Å². The summed E-state index contributed by atoms with van der Waals surface area (Å²) in [6.45, 7) is 5.17. The normalized spacial score (nSPS) is 11.0. The maximum Gasteiger partial charge on any atom is 0.347 e. The highest BCUT2D eigenvalue weighted by Crippen LogP contribution is 2.24. The van der Waals surface area contributed by atoms with E-state index in [1.165, 1.54) is 13.8 Å². The summed E-state index contributed by atoms with van der Waals surface area (Å²) < 4.78 is 5.49. The molecule has 0 bridgehead atoms. The van der Waals surface area contributed by atoms with Gasteiger partial charge in [0.25, 0.3) is 0 Å².